The fourth-order valence-electron chi connectivity index (χ4n) is 1.66. The summed E-state index contributed by atoms with van der Waals surface area (Å²) in [7, 11) is 0. The second-order valence-electron chi connectivity index (χ2n) is 3.86. The summed E-state index contributed by atoms with van der Waals surface area (Å²) < 4.78 is 0. The zero-order valence-corrected chi connectivity index (χ0v) is 9.78. The lowest BCUT2D eigenvalue weighted by atomic mass is 10.1. The number of aliphatic hydroxyl groups excluding tert-OH is 1. The minimum absolute atomic E-state index is 0.143. The molecule has 18 heavy (non-hydrogen) atoms. The number of carbonyl (C=O) groups is 1. The Morgan fingerprint density at radius 3 is 2.61 bits per heavy atom. The van der Waals surface area contributed by atoms with Crippen molar-refractivity contribution >= 4 is 5.91 Å². The highest BCUT2D eigenvalue weighted by Crippen LogP contribution is 2.12. The van der Waals surface area contributed by atoms with E-state index in [0.29, 0.717) is 5.56 Å². The Kier molecular flexibility index (Phi) is 4.04. The Balaban J connectivity index is 2.10. The maximum absolute atomic E-state index is 11.9. The number of amides is 1. The molecular weight excluding hydrogens is 228 g/mol. The number of hydrogen-bond donors (Lipinski definition) is 2. The molecule has 1 heterocycles. The molecule has 1 aromatic carbocycles. The van der Waals surface area contributed by atoms with Crippen LogP contribution in [0.1, 0.15) is 22.0 Å². The third-order valence-electron chi connectivity index (χ3n) is 2.61. The van der Waals surface area contributed by atoms with Crippen LogP contribution < -0.4 is 5.32 Å². The number of pyridine rings is 1. The lowest BCUT2D eigenvalue weighted by molar-refractivity contribution is 0.0916. The number of aromatic nitrogens is 1. The smallest absolute Gasteiger partial charge is 0.253 e. The molecule has 0 bridgehead atoms. The molecule has 0 saturated carbocycles. The van der Waals surface area contributed by atoms with Gasteiger partial charge in [0.2, 0.25) is 0 Å². The van der Waals surface area contributed by atoms with E-state index in [2.05, 4.69) is 10.3 Å². The van der Waals surface area contributed by atoms with E-state index in [1.807, 2.05) is 30.3 Å². The van der Waals surface area contributed by atoms with Gasteiger partial charge in [-0.2, -0.15) is 0 Å². The largest absolute Gasteiger partial charge is 0.394 e. The standard InChI is InChI=1S/C14H14N2O2/c17-10-13(11-5-2-1-3-6-11)16-14(18)12-7-4-8-15-9-12/h1-9,13,17H,10H2,(H,16,18). The summed E-state index contributed by atoms with van der Waals surface area (Å²) in [4.78, 5) is 15.8. The van der Waals surface area contributed by atoms with Crippen molar-refractivity contribution < 1.29 is 9.90 Å². The van der Waals surface area contributed by atoms with Gasteiger partial charge in [0, 0.05) is 12.4 Å². The Bertz CT molecular complexity index is 500. The Hall–Kier alpha value is -2.20. The normalized spacial score (nSPS) is 11.8. The maximum atomic E-state index is 11.9. The molecule has 4 nitrogen and oxygen atoms in total. The molecule has 0 saturated heterocycles. The van der Waals surface area contributed by atoms with Crippen molar-refractivity contribution in [1.82, 2.24) is 10.3 Å². The SMILES string of the molecule is O=C(NC(CO)c1ccccc1)c1cccnc1. The van der Waals surface area contributed by atoms with Crippen molar-refractivity contribution in [3.63, 3.8) is 0 Å². The van der Waals surface area contributed by atoms with Gasteiger partial charge in [-0.05, 0) is 17.7 Å². The van der Waals surface area contributed by atoms with Crippen LogP contribution >= 0.6 is 0 Å². The summed E-state index contributed by atoms with van der Waals surface area (Å²) >= 11 is 0. The molecule has 1 atom stereocenters. The number of aliphatic hydroxyl groups is 1. The van der Waals surface area contributed by atoms with Crippen LogP contribution in [0, 0.1) is 0 Å². The van der Waals surface area contributed by atoms with Gasteiger partial charge in [0.25, 0.3) is 5.91 Å². The summed E-state index contributed by atoms with van der Waals surface area (Å²) in [5.74, 6) is -0.244. The summed E-state index contributed by atoms with van der Waals surface area (Å²) in [6.45, 7) is -0.143. The van der Waals surface area contributed by atoms with E-state index in [1.165, 1.54) is 6.20 Å². The van der Waals surface area contributed by atoms with Gasteiger partial charge in [0.1, 0.15) is 0 Å². The summed E-state index contributed by atoms with van der Waals surface area (Å²) in [6.07, 6.45) is 3.10. The van der Waals surface area contributed by atoms with E-state index in [-0.39, 0.29) is 12.5 Å². The van der Waals surface area contributed by atoms with Crippen LogP contribution in [0.3, 0.4) is 0 Å². The van der Waals surface area contributed by atoms with Crippen molar-refractivity contribution in [1.29, 1.82) is 0 Å². The van der Waals surface area contributed by atoms with Crippen molar-refractivity contribution in [2.45, 2.75) is 6.04 Å². The van der Waals surface area contributed by atoms with Gasteiger partial charge < -0.3 is 10.4 Å². The molecule has 4 heteroatoms. The fourth-order valence-corrected chi connectivity index (χ4v) is 1.66. The van der Waals surface area contributed by atoms with Gasteiger partial charge in [-0.25, -0.2) is 0 Å². The van der Waals surface area contributed by atoms with Crippen molar-refractivity contribution in [2.24, 2.45) is 0 Å². The third kappa shape index (κ3) is 2.93. The van der Waals surface area contributed by atoms with Crippen LogP contribution in [0.4, 0.5) is 0 Å². The van der Waals surface area contributed by atoms with Crippen LogP contribution in [0.5, 0.6) is 0 Å². The van der Waals surface area contributed by atoms with Gasteiger partial charge in [-0.3, -0.25) is 9.78 Å². The molecule has 2 aromatic rings. The molecule has 2 rings (SSSR count). The Labute approximate surface area is 105 Å². The predicted octanol–water partition coefficient (Wildman–Crippen LogP) is 1.55. The first kappa shape index (κ1) is 12.3. The molecule has 92 valence electrons. The van der Waals surface area contributed by atoms with Crippen LogP contribution in [-0.2, 0) is 0 Å². The van der Waals surface area contributed by atoms with E-state index in [0.717, 1.165) is 5.56 Å². The average Bonchev–Trinajstić information content (AvgIpc) is 2.46. The predicted molar refractivity (Wildman–Crippen MR) is 68.0 cm³/mol. The fraction of sp³-hybridized carbons (Fsp3) is 0.143. The van der Waals surface area contributed by atoms with Crippen LogP contribution in [-0.4, -0.2) is 22.6 Å². The Morgan fingerprint density at radius 1 is 1.22 bits per heavy atom. The molecule has 0 fully saturated rings. The average molecular weight is 242 g/mol. The topological polar surface area (TPSA) is 62.2 Å². The number of hydrogen-bond acceptors (Lipinski definition) is 3. The van der Waals surface area contributed by atoms with E-state index in [4.69, 9.17) is 0 Å². The molecule has 0 aliphatic carbocycles. The molecule has 1 unspecified atom stereocenters. The highest BCUT2D eigenvalue weighted by atomic mass is 16.3. The summed E-state index contributed by atoms with van der Waals surface area (Å²) in [5.41, 5.74) is 1.35. The van der Waals surface area contributed by atoms with Gasteiger partial charge in [0.15, 0.2) is 0 Å². The first-order valence-corrected chi connectivity index (χ1v) is 5.68. The van der Waals surface area contributed by atoms with E-state index >= 15 is 0 Å². The molecular formula is C14H14N2O2. The molecule has 0 aliphatic heterocycles. The first-order valence-electron chi connectivity index (χ1n) is 5.68. The van der Waals surface area contributed by atoms with Crippen LogP contribution in [0.2, 0.25) is 0 Å². The van der Waals surface area contributed by atoms with Crippen molar-refractivity contribution in [3.8, 4) is 0 Å². The zero-order valence-electron chi connectivity index (χ0n) is 9.78. The quantitative estimate of drug-likeness (QED) is 0.855. The maximum Gasteiger partial charge on any atom is 0.253 e. The summed E-state index contributed by atoms with van der Waals surface area (Å²) in [6, 6.07) is 12.3. The highest BCUT2D eigenvalue weighted by molar-refractivity contribution is 5.94. The lowest BCUT2D eigenvalue weighted by Crippen LogP contribution is -2.30. The van der Waals surface area contributed by atoms with E-state index < -0.39 is 6.04 Å². The second kappa shape index (κ2) is 5.93. The first-order chi connectivity index (χ1) is 8.81. The molecule has 1 amide bonds. The number of nitrogens with one attached hydrogen (secondary N) is 1. The minimum Gasteiger partial charge on any atom is -0.394 e. The lowest BCUT2D eigenvalue weighted by Gasteiger charge is -2.16. The second-order valence-corrected chi connectivity index (χ2v) is 3.86. The minimum atomic E-state index is -0.404. The number of nitrogens with zero attached hydrogens (tertiary/aromatic N) is 1. The molecule has 0 aliphatic rings. The van der Waals surface area contributed by atoms with E-state index in [9.17, 15) is 9.90 Å². The van der Waals surface area contributed by atoms with Crippen molar-refractivity contribution in [3.05, 3.63) is 66.0 Å². The third-order valence-corrected chi connectivity index (χ3v) is 2.61. The monoisotopic (exact) mass is 242 g/mol. The molecule has 1 aromatic heterocycles. The highest BCUT2D eigenvalue weighted by Gasteiger charge is 2.14. The van der Waals surface area contributed by atoms with Crippen LogP contribution in [0.25, 0.3) is 0 Å². The zero-order chi connectivity index (χ0) is 12.8. The molecule has 0 radical (unpaired) electrons. The van der Waals surface area contributed by atoms with Crippen molar-refractivity contribution in [2.75, 3.05) is 6.61 Å². The van der Waals surface area contributed by atoms with E-state index in [1.54, 1.807) is 18.3 Å². The van der Waals surface area contributed by atoms with Crippen LogP contribution in [0.15, 0.2) is 54.9 Å². The Morgan fingerprint density at radius 2 is 2.00 bits per heavy atom. The number of carbonyl (C=O) groups excluding carboxylic acids is 1. The molecule has 2 N–H and O–H groups in total. The number of rotatable bonds is 4. The van der Waals surface area contributed by atoms with Gasteiger partial charge in [0.05, 0.1) is 18.2 Å². The molecule has 0 spiro atoms. The number of benzene rings is 1. The summed E-state index contributed by atoms with van der Waals surface area (Å²) in [5, 5.41) is 12.1. The van der Waals surface area contributed by atoms with Gasteiger partial charge in [-0.15, -0.1) is 0 Å². The van der Waals surface area contributed by atoms with Gasteiger partial charge in [-0.1, -0.05) is 30.3 Å². The van der Waals surface area contributed by atoms with Gasteiger partial charge >= 0.3 is 0 Å².